The van der Waals surface area contributed by atoms with Crippen molar-refractivity contribution in [2.75, 3.05) is 32.7 Å². The van der Waals surface area contributed by atoms with Gasteiger partial charge in [-0.05, 0) is 19.3 Å². The maximum Gasteiger partial charge on any atom is 0.0854 e. The van der Waals surface area contributed by atoms with Crippen LogP contribution in [-0.2, 0) is 28.9 Å². The summed E-state index contributed by atoms with van der Waals surface area (Å²) in [6.07, 6.45) is 2.75. The molecule has 104 valence electrons. The highest BCUT2D eigenvalue weighted by atomic mass is 16.5. The minimum atomic E-state index is 0.648. The molecule has 5 nitrogen and oxygen atoms in total. The highest BCUT2D eigenvalue weighted by molar-refractivity contribution is 5.48. The zero-order valence-electron chi connectivity index (χ0n) is 11.7. The number of nitrogen functional groups attached to an aromatic ring is 1. The van der Waals surface area contributed by atoms with Crippen LogP contribution in [0.25, 0.3) is 0 Å². The average molecular weight is 255 g/mol. The number of rotatable bonds is 9. The zero-order valence-corrected chi connectivity index (χ0v) is 11.7. The Kier molecular flexibility index (Phi) is 6.75. The lowest BCUT2D eigenvalue weighted by Crippen LogP contribution is -2.09. The lowest BCUT2D eigenvalue weighted by Gasteiger charge is -2.07. The zero-order chi connectivity index (χ0) is 13.4. The second kappa shape index (κ2) is 8.11. The quantitative estimate of drug-likeness (QED) is 0.681. The molecule has 1 rings (SSSR count). The first-order valence-corrected chi connectivity index (χ1v) is 6.65. The van der Waals surface area contributed by atoms with Crippen LogP contribution in [0.5, 0.6) is 0 Å². The lowest BCUT2D eigenvalue weighted by atomic mass is 10.2. The Bertz CT molecular complexity index is 350. The Hall–Kier alpha value is -1.07. The minimum Gasteiger partial charge on any atom is -0.396 e. The summed E-state index contributed by atoms with van der Waals surface area (Å²) in [6, 6.07) is 0. The van der Waals surface area contributed by atoms with Crippen LogP contribution in [-0.4, -0.2) is 36.7 Å². The van der Waals surface area contributed by atoms with Gasteiger partial charge in [0, 0.05) is 20.3 Å². The van der Waals surface area contributed by atoms with Gasteiger partial charge in [-0.3, -0.25) is 4.68 Å². The number of aromatic nitrogens is 2. The van der Waals surface area contributed by atoms with Gasteiger partial charge in [0.25, 0.3) is 0 Å². The molecule has 0 amide bonds. The van der Waals surface area contributed by atoms with Crippen molar-refractivity contribution in [3.8, 4) is 0 Å². The summed E-state index contributed by atoms with van der Waals surface area (Å²) < 4.78 is 12.4. The van der Waals surface area contributed by atoms with E-state index in [2.05, 4.69) is 18.9 Å². The topological polar surface area (TPSA) is 62.3 Å². The maximum absolute atomic E-state index is 6.06. The molecule has 1 aromatic rings. The summed E-state index contributed by atoms with van der Waals surface area (Å²) >= 11 is 0. The molecule has 0 aliphatic heterocycles. The molecule has 0 fully saturated rings. The van der Waals surface area contributed by atoms with Crippen molar-refractivity contribution >= 4 is 5.69 Å². The first-order valence-electron chi connectivity index (χ1n) is 6.65. The van der Waals surface area contributed by atoms with E-state index < -0.39 is 0 Å². The third-order valence-corrected chi connectivity index (χ3v) is 2.93. The highest BCUT2D eigenvalue weighted by Gasteiger charge is 2.11. The van der Waals surface area contributed by atoms with Gasteiger partial charge in [-0.15, -0.1) is 0 Å². The SMILES string of the molecule is CCc1nn(CCCOCCOC)c(CC)c1N. The fraction of sp³-hybridized carbons (Fsp3) is 0.769. The molecular formula is C13H25N3O2. The summed E-state index contributed by atoms with van der Waals surface area (Å²) in [5, 5.41) is 4.54. The van der Waals surface area contributed by atoms with Crippen LogP contribution < -0.4 is 5.73 Å². The molecule has 1 heterocycles. The van der Waals surface area contributed by atoms with Crippen LogP contribution in [0, 0.1) is 0 Å². The van der Waals surface area contributed by atoms with E-state index in [1.165, 1.54) is 0 Å². The van der Waals surface area contributed by atoms with Crippen molar-refractivity contribution in [3.63, 3.8) is 0 Å². The van der Waals surface area contributed by atoms with Gasteiger partial charge in [-0.1, -0.05) is 13.8 Å². The molecule has 0 aromatic carbocycles. The molecule has 0 radical (unpaired) electrons. The van der Waals surface area contributed by atoms with E-state index in [9.17, 15) is 0 Å². The van der Waals surface area contributed by atoms with E-state index in [0.29, 0.717) is 13.2 Å². The molecule has 1 aromatic heterocycles. The summed E-state index contributed by atoms with van der Waals surface area (Å²) in [5.41, 5.74) is 9.07. The average Bonchev–Trinajstić information content (AvgIpc) is 2.69. The van der Waals surface area contributed by atoms with Crippen molar-refractivity contribution in [2.45, 2.75) is 39.7 Å². The third kappa shape index (κ3) is 3.99. The first kappa shape index (κ1) is 15.0. The smallest absolute Gasteiger partial charge is 0.0854 e. The number of ether oxygens (including phenoxy) is 2. The van der Waals surface area contributed by atoms with E-state index >= 15 is 0 Å². The monoisotopic (exact) mass is 255 g/mol. The van der Waals surface area contributed by atoms with Crippen molar-refractivity contribution in [1.82, 2.24) is 9.78 Å². The Morgan fingerprint density at radius 1 is 1.17 bits per heavy atom. The van der Waals surface area contributed by atoms with Crippen LogP contribution in [0.4, 0.5) is 5.69 Å². The van der Waals surface area contributed by atoms with Crippen molar-refractivity contribution < 1.29 is 9.47 Å². The predicted octanol–water partition coefficient (Wildman–Crippen LogP) is 1.64. The number of anilines is 1. The van der Waals surface area contributed by atoms with Crippen molar-refractivity contribution in [2.24, 2.45) is 0 Å². The summed E-state index contributed by atoms with van der Waals surface area (Å²) in [6.45, 7) is 7.08. The molecule has 5 heteroatoms. The van der Waals surface area contributed by atoms with Crippen molar-refractivity contribution in [3.05, 3.63) is 11.4 Å². The number of aryl methyl sites for hydroxylation is 2. The van der Waals surface area contributed by atoms with Gasteiger partial charge >= 0.3 is 0 Å². The van der Waals surface area contributed by atoms with Gasteiger partial charge in [0.05, 0.1) is 30.3 Å². The molecule has 0 aliphatic rings. The second-order valence-corrected chi connectivity index (χ2v) is 4.20. The van der Waals surface area contributed by atoms with E-state index in [1.807, 2.05) is 4.68 Å². The Labute approximate surface area is 109 Å². The molecule has 0 aliphatic carbocycles. The van der Waals surface area contributed by atoms with Crippen LogP contribution in [0.3, 0.4) is 0 Å². The Balaban J connectivity index is 2.41. The van der Waals surface area contributed by atoms with Gasteiger partial charge in [0.1, 0.15) is 0 Å². The third-order valence-electron chi connectivity index (χ3n) is 2.93. The van der Waals surface area contributed by atoms with E-state index in [0.717, 1.165) is 49.5 Å². The molecular weight excluding hydrogens is 230 g/mol. The molecule has 0 spiro atoms. The molecule has 0 atom stereocenters. The fourth-order valence-corrected chi connectivity index (χ4v) is 1.95. The summed E-state index contributed by atoms with van der Waals surface area (Å²) in [7, 11) is 1.68. The fourth-order valence-electron chi connectivity index (χ4n) is 1.95. The molecule has 0 saturated heterocycles. The van der Waals surface area contributed by atoms with Gasteiger partial charge in [-0.2, -0.15) is 5.10 Å². The molecule has 18 heavy (non-hydrogen) atoms. The lowest BCUT2D eigenvalue weighted by molar-refractivity contribution is 0.0676. The van der Waals surface area contributed by atoms with Crippen LogP contribution >= 0.6 is 0 Å². The van der Waals surface area contributed by atoms with Gasteiger partial charge in [0.2, 0.25) is 0 Å². The maximum atomic E-state index is 6.06. The number of methoxy groups -OCH3 is 1. The highest BCUT2D eigenvalue weighted by Crippen LogP contribution is 2.18. The van der Waals surface area contributed by atoms with Gasteiger partial charge < -0.3 is 15.2 Å². The van der Waals surface area contributed by atoms with Gasteiger partial charge in [-0.25, -0.2) is 0 Å². The number of hydrogen-bond donors (Lipinski definition) is 1. The minimum absolute atomic E-state index is 0.648. The second-order valence-electron chi connectivity index (χ2n) is 4.20. The van der Waals surface area contributed by atoms with E-state index in [-0.39, 0.29) is 0 Å². The molecule has 0 bridgehead atoms. The van der Waals surface area contributed by atoms with Crippen LogP contribution in [0.15, 0.2) is 0 Å². The van der Waals surface area contributed by atoms with E-state index in [1.54, 1.807) is 7.11 Å². The normalized spacial score (nSPS) is 11.1. The largest absolute Gasteiger partial charge is 0.396 e. The van der Waals surface area contributed by atoms with Crippen molar-refractivity contribution in [1.29, 1.82) is 0 Å². The predicted molar refractivity (Wildman–Crippen MR) is 72.7 cm³/mol. The molecule has 0 saturated carbocycles. The van der Waals surface area contributed by atoms with Crippen LogP contribution in [0.2, 0.25) is 0 Å². The first-order chi connectivity index (χ1) is 8.74. The summed E-state index contributed by atoms with van der Waals surface area (Å²) in [5.74, 6) is 0. The van der Waals surface area contributed by atoms with E-state index in [4.69, 9.17) is 15.2 Å². The Morgan fingerprint density at radius 2 is 1.94 bits per heavy atom. The molecule has 2 N–H and O–H groups in total. The molecule has 0 unspecified atom stereocenters. The summed E-state index contributed by atoms with van der Waals surface area (Å²) in [4.78, 5) is 0. The number of hydrogen-bond acceptors (Lipinski definition) is 4. The standard InChI is InChI=1S/C13H25N3O2/c1-4-11-13(14)12(5-2)16(15-11)7-6-8-18-10-9-17-3/h4-10,14H2,1-3H3. The number of nitrogens with two attached hydrogens (primary N) is 1. The number of nitrogens with zero attached hydrogens (tertiary/aromatic N) is 2. The van der Waals surface area contributed by atoms with Crippen LogP contribution in [0.1, 0.15) is 31.7 Å². The van der Waals surface area contributed by atoms with Gasteiger partial charge in [0.15, 0.2) is 0 Å². The Morgan fingerprint density at radius 3 is 2.56 bits per heavy atom.